The summed E-state index contributed by atoms with van der Waals surface area (Å²) in [5, 5.41) is 2.76. The lowest BCUT2D eigenvalue weighted by Gasteiger charge is -2.31. The number of carbonyl (C=O) groups excluding carboxylic acids is 2. The molecule has 0 saturated carbocycles. The average Bonchev–Trinajstić information content (AvgIpc) is 2.81. The summed E-state index contributed by atoms with van der Waals surface area (Å²) in [5.74, 6) is 0.858. The summed E-state index contributed by atoms with van der Waals surface area (Å²) < 4.78 is 0.946. The Morgan fingerprint density at radius 2 is 1.59 bits per heavy atom. The van der Waals surface area contributed by atoms with Crippen LogP contribution in [0.15, 0.2) is 77.3 Å². The minimum absolute atomic E-state index is 0.0427. The SMILES string of the molecule is CNC(=O)[C@@H](Cc1ccccc1)N(Cc1cccc(Br)c1)C(=O)CSCc1cc(C)cc(C)c1. The van der Waals surface area contributed by atoms with Crippen LogP contribution in [0, 0.1) is 13.8 Å². The number of nitrogens with one attached hydrogen (secondary N) is 1. The summed E-state index contributed by atoms with van der Waals surface area (Å²) in [6.07, 6.45) is 0.460. The Morgan fingerprint density at radius 3 is 2.24 bits per heavy atom. The van der Waals surface area contributed by atoms with Gasteiger partial charge in [-0.15, -0.1) is 11.8 Å². The van der Waals surface area contributed by atoms with Gasteiger partial charge in [-0.05, 0) is 42.7 Å². The zero-order valence-electron chi connectivity index (χ0n) is 19.9. The van der Waals surface area contributed by atoms with Crippen molar-refractivity contribution in [1.29, 1.82) is 0 Å². The maximum absolute atomic E-state index is 13.5. The summed E-state index contributed by atoms with van der Waals surface area (Å²) in [6, 6.07) is 23.6. The van der Waals surface area contributed by atoms with Gasteiger partial charge in [-0.3, -0.25) is 9.59 Å². The van der Waals surface area contributed by atoms with Crippen LogP contribution < -0.4 is 5.32 Å². The van der Waals surface area contributed by atoms with E-state index in [1.165, 1.54) is 16.7 Å². The van der Waals surface area contributed by atoms with E-state index in [0.29, 0.717) is 18.7 Å². The number of hydrogen-bond donors (Lipinski definition) is 1. The van der Waals surface area contributed by atoms with Crippen LogP contribution >= 0.6 is 27.7 Å². The van der Waals surface area contributed by atoms with Gasteiger partial charge in [-0.1, -0.05) is 87.7 Å². The Labute approximate surface area is 215 Å². The zero-order chi connectivity index (χ0) is 24.5. The van der Waals surface area contributed by atoms with Crippen LogP contribution in [0.1, 0.15) is 27.8 Å². The smallest absolute Gasteiger partial charge is 0.242 e. The average molecular weight is 540 g/mol. The fraction of sp³-hybridized carbons (Fsp3) is 0.286. The number of nitrogens with zero attached hydrogens (tertiary/aromatic N) is 1. The standard InChI is InChI=1S/C28H31BrN2O2S/c1-20-12-21(2)14-24(13-20)18-34-19-27(32)31(17-23-10-7-11-25(29)15-23)26(28(33)30-3)16-22-8-5-4-6-9-22/h4-15,26H,16-19H2,1-3H3,(H,30,33)/t26-/m1/s1. The number of likely N-dealkylation sites (N-methyl/N-ethyl adjacent to an activating group) is 1. The van der Waals surface area contributed by atoms with Crippen molar-refractivity contribution in [2.75, 3.05) is 12.8 Å². The number of hydrogen-bond acceptors (Lipinski definition) is 3. The maximum atomic E-state index is 13.5. The second kappa shape index (κ2) is 12.8. The quantitative estimate of drug-likeness (QED) is 0.361. The lowest BCUT2D eigenvalue weighted by molar-refractivity contribution is -0.139. The van der Waals surface area contributed by atoms with Crippen LogP contribution in [0.25, 0.3) is 0 Å². The van der Waals surface area contributed by atoms with E-state index in [4.69, 9.17) is 0 Å². The highest BCUT2D eigenvalue weighted by Crippen LogP contribution is 2.21. The molecule has 0 bridgehead atoms. The van der Waals surface area contributed by atoms with Crippen LogP contribution in [0.5, 0.6) is 0 Å². The van der Waals surface area contributed by atoms with Gasteiger partial charge in [0.05, 0.1) is 5.75 Å². The molecule has 6 heteroatoms. The van der Waals surface area contributed by atoms with Crippen molar-refractivity contribution in [3.8, 4) is 0 Å². The van der Waals surface area contributed by atoms with Crippen molar-refractivity contribution in [2.45, 2.75) is 38.6 Å². The van der Waals surface area contributed by atoms with Crippen LogP contribution in [0.2, 0.25) is 0 Å². The first-order valence-corrected chi connectivity index (χ1v) is 13.2. The third-order valence-electron chi connectivity index (χ3n) is 5.54. The highest BCUT2D eigenvalue weighted by Gasteiger charge is 2.29. The summed E-state index contributed by atoms with van der Waals surface area (Å²) in [5.41, 5.74) is 5.65. The van der Waals surface area contributed by atoms with E-state index in [9.17, 15) is 9.59 Å². The van der Waals surface area contributed by atoms with E-state index in [1.54, 1.807) is 23.7 Å². The monoisotopic (exact) mass is 538 g/mol. The van der Waals surface area contributed by atoms with Crippen molar-refractivity contribution in [2.24, 2.45) is 0 Å². The van der Waals surface area contributed by atoms with Gasteiger partial charge < -0.3 is 10.2 Å². The second-order valence-corrected chi connectivity index (χ2v) is 10.4. The van der Waals surface area contributed by atoms with E-state index >= 15 is 0 Å². The number of thioether (sulfide) groups is 1. The molecule has 0 radical (unpaired) electrons. The molecule has 3 aromatic carbocycles. The molecule has 3 rings (SSSR count). The van der Waals surface area contributed by atoms with Crippen molar-refractivity contribution in [3.63, 3.8) is 0 Å². The number of halogens is 1. The van der Waals surface area contributed by atoms with E-state index in [2.05, 4.69) is 53.3 Å². The predicted octanol–water partition coefficient (Wildman–Crippen LogP) is 5.69. The van der Waals surface area contributed by atoms with Crippen molar-refractivity contribution < 1.29 is 9.59 Å². The molecule has 1 N–H and O–H groups in total. The molecule has 0 unspecified atom stereocenters. The molecule has 0 fully saturated rings. The third kappa shape index (κ3) is 7.74. The second-order valence-electron chi connectivity index (χ2n) is 8.46. The van der Waals surface area contributed by atoms with Gasteiger partial charge in [0.1, 0.15) is 6.04 Å². The Bertz CT molecular complexity index is 1100. The molecular formula is C28H31BrN2O2S. The topological polar surface area (TPSA) is 49.4 Å². The van der Waals surface area contributed by atoms with Crippen LogP contribution in [0.3, 0.4) is 0 Å². The molecule has 2 amide bonds. The number of rotatable bonds is 10. The van der Waals surface area contributed by atoms with Crippen LogP contribution in [0.4, 0.5) is 0 Å². The molecule has 178 valence electrons. The Kier molecular flexibility index (Phi) is 9.78. The lowest BCUT2D eigenvalue weighted by Crippen LogP contribution is -2.50. The van der Waals surface area contributed by atoms with E-state index < -0.39 is 6.04 Å². The molecule has 4 nitrogen and oxygen atoms in total. The Morgan fingerprint density at radius 1 is 0.912 bits per heavy atom. The van der Waals surface area contributed by atoms with E-state index in [0.717, 1.165) is 21.4 Å². The lowest BCUT2D eigenvalue weighted by atomic mass is 10.0. The number of aryl methyl sites for hydroxylation is 2. The van der Waals surface area contributed by atoms with E-state index in [-0.39, 0.29) is 11.8 Å². The molecule has 0 saturated heterocycles. The van der Waals surface area contributed by atoms with Gasteiger partial charge in [0.15, 0.2) is 0 Å². The summed E-state index contributed by atoms with van der Waals surface area (Å²) in [6.45, 7) is 4.54. The van der Waals surface area contributed by atoms with Gasteiger partial charge in [0.2, 0.25) is 11.8 Å². The Hall–Kier alpha value is -2.57. The minimum Gasteiger partial charge on any atom is -0.357 e. The van der Waals surface area contributed by atoms with Crippen molar-refractivity contribution >= 4 is 39.5 Å². The van der Waals surface area contributed by atoms with Crippen LogP contribution in [-0.4, -0.2) is 35.6 Å². The first kappa shape index (κ1) is 26.0. The molecule has 34 heavy (non-hydrogen) atoms. The number of carbonyl (C=O) groups is 2. The number of benzene rings is 3. The molecule has 0 aliphatic heterocycles. The molecule has 0 aliphatic carbocycles. The van der Waals surface area contributed by atoms with Gasteiger partial charge in [-0.25, -0.2) is 0 Å². The molecule has 1 atom stereocenters. The van der Waals surface area contributed by atoms with Gasteiger partial charge in [0, 0.05) is 30.2 Å². The van der Waals surface area contributed by atoms with Crippen molar-refractivity contribution in [3.05, 3.63) is 105 Å². The molecule has 0 heterocycles. The van der Waals surface area contributed by atoms with Crippen LogP contribution in [-0.2, 0) is 28.3 Å². The van der Waals surface area contributed by atoms with Gasteiger partial charge in [0.25, 0.3) is 0 Å². The molecule has 0 aromatic heterocycles. The third-order valence-corrected chi connectivity index (χ3v) is 7.02. The first-order chi connectivity index (χ1) is 16.4. The summed E-state index contributed by atoms with van der Waals surface area (Å²) in [7, 11) is 1.62. The summed E-state index contributed by atoms with van der Waals surface area (Å²) >= 11 is 5.10. The fourth-order valence-electron chi connectivity index (χ4n) is 4.04. The van der Waals surface area contributed by atoms with E-state index in [1.807, 2.05) is 54.6 Å². The summed E-state index contributed by atoms with van der Waals surface area (Å²) in [4.78, 5) is 28.2. The first-order valence-electron chi connectivity index (χ1n) is 11.3. The van der Waals surface area contributed by atoms with Crippen molar-refractivity contribution in [1.82, 2.24) is 10.2 Å². The highest BCUT2D eigenvalue weighted by atomic mass is 79.9. The molecule has 0 spiro atoms. The number of amides is 2. The Balaban J connectivity index is 1.81. The molecule has 3 aromatic rings. The predicted molar refractivity (Wildman–Crippen MR) is 145 cm³/mol. The largest absolute Gasteiger partial charge is 0.357 e. The maximum Gasteiger partial charge on any atom is 0.242 e. The van der Waals surface area contributed by atoms with Gasteiger partial charge >= 0.3 is 0 Å². The zero-order valence-corrected chi connectivity index (χ0v) is 22.3. The minimum atomic E-state index is -0.597. The normalized spacial score (nSPS) is 11.6. The fourth-order valence-corrected chi connectivity index (χ4v) is 5.34. The molecule has 0 aliphatic rings. The highest BCUT2D eigenvalue weighted by molar-refractivity contribution is 9.10. The van der Waals surface area contributed by atoms with Gasteiger partial charge in [-0.2, -0.15) is 0 Å². The molecular weight excluding hydrogens is 508 g/mol.